The number of hydrogen-bond donors (Lipinski definition) is 4. The van der Waals surface area contributed by atoms with E-state index in [0.29, 0.717) is 19.3 Å². The lowest BCUT2D eigenvalue weighted by Crippen LogP contribution is -2.67. The fourth-order valence-electron chi connectivity index (χ4n) is 10.4. The molecule has 6 heterocycles. The van der Waals surface area contributed by atoms with Gasteiger partial charge in [-0.25, -0.2) is 4.39 Å². The largest absolute Gasteiger partial charge is 0.364 e. The highest BCUT2D eigenvalue weighted by Gasteiger charge is 2.78. The molecular formula is C40H35FN6O4. The Balaban J connectivity index is 1.12. The van der Waals surface area contributed by atoms with Crippen LogP contribution in [0.15, 0.2) is 103 Å². The van der Waals surface area contributed by atoms with Crippen molar-refractivity contribution in [1.82, 2.24) is 20.4 Å². The molecule has 8 unspecified atom stereocenters. The fourth-order valence-corrected chi connectivity index (χ4v) is 10.4. The Hall–Kier alpha value is -5.71. The molecule has 4 fully saturated rings. The minimum atomic E-state index is -0.914. The highest BCUT2D eigenvalue weighted by Crippen LogP contribution is 2.68. The first-order chi connectivity index (χ1) is 24.8. The van der Waals surface area contributed by atoms with Crippen molar-refractivity contribution in [2.24, 2.45) is 0 Å². The summed E-state index contributed by atoms with van der Waals surface area (Å²) in [5.74, 6) is -1.22. The van der Waals surface area contributed by atoms with Crippen LogP contribution in [-0.4, -0.2) is 69.9 Å². The molecule has 0 saturated carbocycles. The summed E-state index contributed by atoms with van der Waals surface area (Å²) in [6, 6.07) is 28.4. The van der Waals surface area contributed by atoms with Crippen LogP contribution in [0.1, 0.15) is 35.1 Å². The van der Waals surface area contributed by atoms with Crippen molar-refractivity contribution < 1.29 is 23.6 Å². The molecule has 4 saturated heterocycles. The number of carbonyl (C=O) groups is 4. The number of piperazine rings is 2. The van der Waals surface area contributed by atoms with Gasteiger partial charge in [-0.1, -0.05) is 78.9 Å². The SMILES string of the molecule is O=C1NC(Cc2ccccc2)C(=O)N2C1CC1(C34CC5C(=O)NC(Cc6ccc(F)cc6)C(=O)N5C3Nc3ccccc34)c3ccccc3NC21. The van der Waals surface area contributed by atoms with E-state index in [4.69, 9.17) is 0 Å². The lowest BCUT2D eigenvalue weighted by Gasteiger charge is -2.48. The van der Waals surface area contributed by atoms with Crippen LogP contribution >= 0.6 is 0 Å². The zero-order chi connectivity index (χ0) is 34.6. The minimum absolute atomic E-state index is 0.160. The Morgan fingerprint density at radius 3 is 1.47 bits per heavy atom. The molecule has 4 N–H and O–H groups in total. The van der Waals surface area contributed by atoms with Crippen molar-refractivity contribution in [2.75, 3.05) is 10.6 Å². The summed E-state index contributed by atoms with van der Waals surface area (Å²) in [6.45, 7) is 0. The maximum Gasteiger partial charge on any atom is 0.247 e. The van der Waals surface area contributed by atoms with Gasteiger partial charge in [0.25, 0.3) is 0 Å². The van der Waals surface area contributed by atoms with Crippen molar-refractivity contribution in [1.29, 1.82) is 0 Å². The molecule has 0 aromatic heterocycles. The van der Waals surface area contributed by atoms with Crippen LogP contribution < -0.4 is 21.3 Å². The highest BCUT2D eigenvalue weighted by molar-refractivity contribution is 6.01. The van der Waals surface area contributed by atoms with Crippen LogP contribution in [0, 0.1) is 5.82 Å². The summed E-state index contributed by atoms with van der Waals surface area (Å²) in [4.78, 5) is 61.0. The van der Waals surface area contributed by atoms with Gasteiger partial charge in [0.05, 0.1) is 10.8 Å². The molecule has 0 aliphatic carbocycles. The molecular weight excluding hydrogens is 647 g/mol. The van der Waals surface area contributed by atoms with Gasteiger partial charge in [-0.05, 0) is 59.4 Å². The van der Waals surface area contributed by atoms with Gasteiger partial charge >= 0.3 is 0 Å². The Morgan fingerprint density at radius 1 is 0.549 bits per heavy atom. The van der Waals surface area contributed by atoms with Crippen LogP contribution in [0.25, 0.3) is 0 Å². The third-order valence-corrected chi connectivity index (χ3v) is 12.4. The first kappa shape index (κ1) is 30.1. The van der Waals surface area contributed by atoms with Gasteiger partial charge in [0.15, 0.2) is 0 Å². The molecule has 0 bridgehead atoms. The van der Waals surface area contributed by atoms with Crippen LogP contribution in [0.2, 0.25) is 0 Å². The first-order valence-electron chi connectivity index (χ1n) is 17.6. The van der Waals surface area contributed by atoms with Crippen LogP contribution in [-0.2, 0) is 42.8 Å². The smallest absolute Gasteiger partial charge is 0.247 e. The van der Waals surface area contributed by atoms with Gasteiger partial charge in [-0.15, -0.1) is 0 Å². The van der Waals surface area contributed by atoms with Gasteiger partial charge in [0.2, 0.25) is 23.6 Å². The number of nitrogens with one attached hydrogen (secondary N) is 4. The standard InChI is InChI=1S/C40H35FN6O4/c41-24-16-14-23(15-17-24)19-30-36(51)47-32(34(49)43-30)21-40(26-11-5-7-13-28(26)45-38(40)47)39-20-31-33(48)42-29(18-22-8-2-1-3-9-22)35(50)46(31)37(39)44-27-12-6-4-10-25(27)39/h1-17,29-32,37-38,44-45H,18-21H2,(H,42,48)(H,43,49). The molecule has 0 spiro atoms. The van der Waals surface area contributed by atoms with E-state index >= 15 is 0 Å². The predicted molar refractivity (Wildman–Crippen MR) is 186 cm³/mol. The number of benzene rings is 4. The van der Waals surface area contributed by atoms with Crippen molar-refractivity contribution in [3.8, 4) is 0 Å². The number of rotatable bonds is 5. The Labute approximate surface area is 293 Å². The number of para-hydroxylation sites is 2. The molecule has 10 nitrogen and oxygen atoms in total. The number of anilines is 2. The second-order valence-corrected chi connectivity index (χ2v) is 14.7. The van der Waals surface area contributed by atoms with Crippen LogP contribution in [0.5, 0.6) is 0 Å². The maximum atomic E-state index is 14.6. The molecule has 4 aromatic rings. The minimum Gasteiger partial charge on any atom is -0.364 e. The molecule has 6 aliphatic heterocycles. The second-order valence-electron chi connectivity index (χ2n) is 14.7. The van der Waals surface area contributed by atoms with E-state index in [-0.39, 0.29) is 35.9 Å². The number of nitrogens with zero attached hydrogens (tertiary/aromatic N) is 2. The molecule has 8 atom stereocenters. The molecule has 6 aliphatic rings. The normalized spacial score (nSPS) is 32.5. The Morgan fingerprint density at radius 2 is 0.980 bits per heavy atom. The molecule has 4 amide bonds. The lowest BCUT2D eigenvalue weighted by molar-refractivity contribution is -0.149. The summed E-state index contributed by atoms with van der Waals surface area (Å²) < 4.78 is 13.7. The van der Waals surface area contributed by atoms with E-state index in [1.807, 2.05) is 66.7 Å². The molecule has 51 heavy (non-hydrogen) atoms. The van der Waals surface area contributed by atoms with E-state index < -0.39 is 47.3 Å². The van der Waals surface area contributed by atoms with Gasteiger partial charge in [-0.2, -0.15) is 0 Å². The summed E-state index contributed by atoms with van der Waals surface area (Å²) in [5, 5.41) is 13.4. The number of hydrogen-bond acceptors (Lipinski definition) is 6. The first-order valence-corrected chi connectivity index (χ1v) is 17.6. The Kier molecular flexibility index (Phi) is 6.29. The zero-order valence-corrected chi connectivity index (χ0v) is 27.5. The quantitative estimate of drug-likeness (QED) is 0.257. The fraction of sp³-hybridized carbons (Fsp3) is 0.300. The van der Waals surface area contributed by atoms with Gasteiger partial charge < -0.3 is 31.1 Å². The maximum absolute atomic E-state index is 14.6. The van der Waals surface area contributed by atoms with Crippen molar-refractivity contribution in [3.05, 3.63) is 131 Å². The number of fused-ring (bicyclic) bond motifs is 11. The van der Waals surface area contributed by atoms with Gasteiger partial charge in [0.1, 0.15) is 42.3 Å². The molecule has 11 heteroatoms. The second kappa shape index (κ2) is 10.6. The predicted octanol–water partition coefficient (Wildman–Crippen LogP) is 3.19. The third kappa shape index (κ3) is 3.97. The summed E-state index contributed by atoms with van der Waals surface area (Å²) in [5.41, 5.74) is 3.50. The topological polar surface area (TPSA) is 123 Å². The Bertz CT molecular complexity index is 2150. The van der Waals surface area contributed by atoms with E-state index in [0.717, 1.165) is 33.6 Å². The van der Waals surface area contributed by atoms with Crippen molar-refractivity contribution >= 4 is 35.0 Å². The lowest BCUT2D eigenvalue weighted by atomic mass is 9.54. The average molecular weight is 683 g/mol. The van der Waals surface area contributed by atoms with Crippen molar-refractivity contribution in [2.45, 2.75) is 73.0 Å². The van der Waals surface area contributed by atoms with Gasteiger partial charge in [0, 0.05) is 24.2 Å². The van der Waals surface area contributed by atoms with E-state index in [1.165, 1.54) is 12.1 Å². The van der Waals surface area contributed by atoms with E-state index in [9.17, 15) is 23.6 Å². The average Bonchev–Trinajstić information content (AvgIpc) is 3.85. The molecule has 256 valence electrons. The van der Waals surface area contributed by atoms with E-state index in [2.05, 4.69) is 33.4 Å². The molecule has 0 radical (unpaired) electrons. The number of halogens is 1. The number of carbonyl (C=O) groups excluding carboxylic acids is 4. The van der Waals surface area contributed by atoms with Gasteiger partial charge in [-0.3, -0.25) is 19.2 Å². The van der Waals surface area contributed by atoms with Crippen LogP contribution in [0.3, 0.4) is 0 Å². The molecule has 10 rings (SSSR count). The highest BCUT2D eigenvalue weighted by atomic mass is 19.1. The number of amides is 4. The van der Waals surface area contributed by atoms with Crippen LogP contribution in [0.4, 0.5) is 15.8 Å². The molecule has 4 aromatic carbocycles. The van der Waals surface area contributed by atoms with E-state index in [1.54, 1.807) is 21.9 Å². The zero-order valence-electron chi connectivity index (χ0n) is 27.5. The van der Waals surface area contributed by atoms with Crippen molar-refractivity contribution in [3.63, 3.8) is 0 Å². The third-order valence-electron chi connectivity index (χ3n) is 12.4. The monoisotopic (exact) mass is 682 g/mol. The summed E-state index contributed by atoms with van der Waals surface area (Å²) in [6.07, 6.45) is -0.102. The summed E-state index contributed by atoms with van der Waals surface area (Å²) >= 11 is 0. The summed E-state index contributed by atoms with van der Waals surface area (Å²) in [7, 11) is 0.